The number of hydrogen-bond donors (Lipinski definition) is 3. The zero-order valence-corrected chi connectivity index (χ0v) is 12.0. The Morgan fingerprint density at radius 2 is 2.09 bits per heavy atom. The van der Waals surface area contributed by atoms with Crippen molar-refractivity contribution in [2.45, 2.75) is 19.6 Å². The number of amides is 2. The molecule has 122 valence electrons. The van der Waals surface area contributed by atoms with Crippen LogP contribution in [0.3, 0.4) is 0 Å². The Hall–Kier alpha value is -2.84. The van der Waals surface area contributed by atoms with E-state index in [1.807, 2.05) is 4.98 Å². The lowest BCUT2D eigenvalue weighted by atomic mass is 10.2. The topological polar surface area (TPSA) is 86.9 Å². The summed E-state index contributed by atoms with van der Waals surface area (Å²) in [7, 11) is 0. The number of pyridine rings is 2. The first-order chi connectivity index (χ1) is 10.8. The van der Waals surface area contributed by atoms with Crippen molar-refractivity contribution in [3.63, 3.8) is 0 Å². The molecule has 3 N–H and O–H groups in total. The summed E-state index contributed by atoms with van der Waals surface area (Å²) in [5.74, 6) is 0. The number of carbonyl (C=O) groups is 1. The second-order valence-electron chi connectivity index (χ2n) is 4.71. The van der Waals surface area contributed by atoms with E-state index in [9.17, 15) is 22.8 Å². The molecule has 0 radical (unpaired) electrons. The van der Waals surface area contributed by atoms with Gasteiger partial charge in [0.05, 0.1) is 17.8 Å². The molecule has 0 atom stereocenters. The molecule has 2 heterocycles. The summed E-state index contributed by atoms with van der Waals surface area (Å²) in [5.41, 5.74) is -1.04. The van der Waals surface area contributed by atoms with Crippen LogP contribution in [0.5, 0.6) is 0 Å². The minimum Gasteiger partial charge on any atom is -0.332 e. The van der Waals surface area contributed by atoms with Crippen molar-refractivity contribution in [3.8, 4) is 0 Å². The van der Waals surface area contributed by atoms with E-state index < -0.39 is 29.0 Å². The Kier molecular flexibility index (Phi) is 4.68. The highest BCUT2D eigenvalue weighted by molar-refractivity contribution is 5.89. The van der Waals surface area contributed by atoms with Crippen LogP contribution in [0, 0.1) is 6.92 Å². The molecule has 0 aromatic carbocycles. The van der Waals surface area contributed by atoms with Crippen LogP contribution in [-0.4, -0.2) is 16.0 Å². The number of carbonyl (C=O) groups excluding carboxylic acids is 1. The van der Waals surface area contributed by atoms with Crippen LogP contribution in [-0.2, 0) is 12.7 Å². The molecular weight excluding hydrogens is 313 g/mol. The van der Waals surface area contributed by atoms with Crippen LogP contribution in [0.15, 0.2) is 35.3 Å². The van der Waals surface area contributed by atoms with Crippen LogP contribution < -0.4 is 16.2 Å². The molecule has 2 amide bonds. The largest absolute Gasteiger partial charge is 0.417 e. The number of nitrogens with one attached hydrogen (secondary N) is 3. The van der Waals surface area contributed by atoms with E-state index in [0.29, 0.717) is 18.0 Å². The van der Waals surface area contributed by atoms with Crippen molar-refractivity contribution >= 4 is 11.7 Å². The first-order valence-electron chi connectivity index (χ1n) is 6.53. The van der Waals surface area contributed by atoms with Crippen LogP contribution in [0.4, 0.5) is 23.7 Å². The zero-order valence-electron chi connectivity index (χ0n) is 12.0. The summed E-state index contributed by atoms with van der Waals surface area (Å²) in [4.78, 5) is 29.3. The van der Waals surface area contributed by atoms with Crippen molar-refractivity contribution in [3.05, 3.63) is 57.8 Å². The molecule has 2 aromatic rings. The van der Waals surface area contributed by atoms with E-state index in [4.69, 9.17) is 0 Å². The summed E-state index contributed by atoms with van der Waals surface area (Å²) >= 11 is 0. The maximum absolute atomic E-state index is 12.6. The average Bonchev–Trinajstić information content (AvgIpc) is 2.46. The predicted octanol–water partition coefficient (Wildman–Crippen LogP) is 2.42. The molecule has 0 aliphatic heterocycles. The lowest BCUT2D eigenvalue weighted by Crippen LogP contribution is -2.31. The first-order valence-corrected chi connectivity index (χ1v) is 6.53. The van der Waals surface area contributed by atoms with E-state index >= 15 is 0 Å². The number of hydrogen-bond acceptors (Lipinski definition) is 3. The number of nitrogens with zero attached hydrogens (tertiary/aromatic N) is 1. The lowest BCUT2D eigenvalue weighted by molar-refractivity contribution is -0.137. The molecule has 0 fully saturated rings. The van der Waals surface area contributed by atoms with Crippen molar-refractivity contribution in [1.82, 2.24) is 15.3 Å². The monoisotopic (exact) mass is 326 g/mol. The molecular formula is C14H13F3N4O2. The van der Waals surface area contributed by atoms with Gasteiger partial charge in [-0.3, -0.25) is 9.78 Å². The van der Waals surface area contributed by atoms with Crippen molar-refractivity contribution in [2.75, 3.05) is 5.32 Å². The molecule has 0 aliphatic carbocycles. The van der Waals surface area contributed by atoms with E-state index in [-0.39, 0.29) is 6.54 Å². The molecule has 0 aliphatic rings. The highest BCUT2D eigenvalue weighted by Crippen LogP contribution is 2.29. The molecule has 0 saturated carbocycles. The number of urea groups is 1. The van der Waals surface area contributed by atoms with Gasteiger partial charge in [0.25, 0.3) is 5.56 Å². The Labute approximate surface area is 128 Å². The van der Waals surface area contributed by atoms with Gasteiger partial charge in [0, 0.05) is 11.9 Å². The van der Waals surface area contributed by atoms with E-state index in [1.54, 1.807) is 25.1 Å². The highest BCUT2D eigenvalue weighted by atomic mass is 19.4. The number of H-pyrrole nitrogens is 1. The van der Waals surface area contributed by atoms with Gasteiger partial charge in [-0.1, -0.05) is 6.07 Å². The number of halogens is 3. The second-order valence-corrected chi connectivity index (χ2v) is 4.71. The summed E-state index contributed by atoms with van der Waals surface area (Å²) in [6.07, 6.45) is -4.08. The molecule has 6 nitrogen and oxygen atoms in total. The van der Waals surface area contributed by atoms with Gasteiger partial charge >= 0.3 is 12.2 Å². The second kappa shape index (κ2) is 6.51. The van der Waals surface area contributed by atoms with Crippen LogP contribution in [0.2, 0.25) is 0 Å². The molecule has 0 bridgehead atoms. The molecule has 2 aromatic heterocycles. The fourth-order valence-electron chi connectivity index (χ4n) is 1.78. The molecule has 23 heavy (non-hydrogen) atoms. The zero-order chi connectivity index (χ0) is 17.0. The van der Waals surface area contributed by atoms with Gasteiger partial charge in [-0.2, -0.15) is 13.2 Å². The fourth-order valence-corrected chi connectivity index (χ4v) is 1.78. The number of aryl methyl sites for hydroxylation is 1. The Morgan fingerprint density at radius 1 is 1.35 bits per heavy atom. The molecule has 0 unspecified atom stereocenters. The van der Waals surface area contributed by atoms with Gasteiger partial charge in [-0.05, 0) is 25.1 Å². The van der Waals surface area contributed by atoms with Crippen LogP contribution in [0.1, 0.15) is 17.0 Å². The van der Waals surface area contributed by atoms with Crippen LogP contribution in [0.25, 0.3) is 0 Å². The maximum Gasteiger partial charge on any atom is 0.417 e. The summed E-state index contributed by atoms with van der Waals surface area (Å²) in [6, 6.07) is 4.99. The molecule has 0 saturated heterocycles. The molecule has 0 spiro atoms. The quantitative estimate of drug-likeness (QED) is 0.809. The number of aromatic nitrogens is 2. The van der Waals surface area contributed by atoms with Gasteiger partial charge in [-0.15, -0.1) is 0 Å². The first kappa shape index (κ1) is 16.5. The Morgan fingerprint density at radius 3 is 2.74 bits per heavy atom. The minimum absolute atomic E-state index is 0.0738. The Balaban J connectivity index is 2.04. The van der Waals surface area contributed by atoms with Gasteiger partial charge < -0.3 is 15.6 Å². The highest BCUT2D eigenvalue weighted by Gasteiger charge is 2.31. The maximum atomic E-state index is 12.6. The van der Waals surface area contributed by atoms with E-state index in [1.165, 1.54) is 0 Å². The number of aromatic amines is 1. The fraction of sp³-hybridized carbons (Fsp3) is 0.214. The van der Waals surface area contributed by atoms with Crippen LogP contribution >= 0.6 is 0 Å². The van der Waals surface area contributed by atoms with Gasteiger partial charge in [0.15, 0.2) is 0 Å². The third-order valence-electron chi connectivity index (χ3n) is 2.85. The molecule has 2 rings (SSSR count). The summed E-state index contributed by atoms with van der Waals surface area (Å²) < 4.78 is 37.8. The number of rotatable bonds is 3. The van der Waals surface area contributed by atoms with Crippen molar-refractivity contribution < 1.29 is 18.0 Å². The standard InChI is InChI=1S/C14H13F3N4O2/c1-8-3-2-4-10(20-8)7-19-13(23)21-11-5-9(14(15,16)17)6-18-12(11)22/h2-6H,7H2,1H3,(H,18,22)(H2,19,21,23). The molecule has 9 heteroatoms. The minimum atomic E-state index is -4.62. The third kappa shape index (κ3) is 4.56. The lowest BCUT2D eigenvalue weighted by Gasteiger charge is -2.10. The number of alkyl halides is 3. The van der Waals surface area contributed by atoms with Gasteiger partial charge in [-0.25, -0.2) is 4.79 Å². The smallest absolute Gasteiger partial charge is 0.332 e. The Bertz CT molecular complexity index is 771. The van der Waals surface area contributed by atoms with E-state index in [0.717, 1.165) is 5.69 Å². The average molecular weight is 326 g/mol. The van der Waals surface area contributed by atoms with E-state index in [2.05, 4.69) is 15.6 Å². The third-order valence-corrected chi connectivity index (χ3v) is 2.85. The van der Waals surface area contributed by atoms with Crippen molar-refractivity contribution in [2.24, 2.45) is 0 Å². The summed E-state index contributed by atoms with van der Waals surface area (Å²) in [5, 5.41) is 4.50. The predicted molar refractivity (Wildman–Crippen MR) is 76.9 cm³/mol. The number of anilines is 1. The van der Waals surface area contributed by atoms with Crippen molar-refractivity contribution in [1.29, 1.82) is 0 Å². The SMILES string of the molecule is Cc1cccc(CNC(=O)Nc2cc(C(F)(F)F)c[nH]c2=O)n1. The van der Waals surface area contributed by atoms with Gasteiger partial charge in [0.1, 0.15) is 5.69 Å². The summed E-state index contributed by atoms with van der Waals surface area (Å²) in [6.45, 7) is 1.86. The van der Waals surface area contributed by atoms with Gasteiger partial charge in [0.2, 0.25) is 0 Å². The normalized spacial score (nSPS) is 11.1.